The van der Waals surface area contributed by atoms with Crippen molar-refractivity contribution in [3.05, 3.63) is 37.1 Å². The van der Waals surface area contributed by atoms with Crippen LogP contribution < -0.4 is 0 Å². The van der Waals surface area contributed by atoms with Crippen LogP contribution in [0.15, 0.2) is 32.3 Å². The van der Waals surface area contributed by atoms with E-state index in [1.165, 1.54) is 21.7 Å². The van der Waals surface area contributed by atoms with Gasteiger partial charge in [0, 0.05) is 23.3 Å². The summed E-state index contributed by atoms with van der Waals surface area (Å²) >= 11 is 6.11. The maximum Gasteiger partial charge on any atom is 0.244 e. The molecule has 0 amide bonds. The molecule has 0 aliphatic rings. The van der Waals surface area contributed by atoms with E-state index in [4.69, 9.17) is 5.11 Å². The second-order valence-electron chi connectivity index (χ2n) is 4.16. The molecule has 20 heavy (non-hydrogen) atoms. The van der Waals surface area contributed by atoms with Crippen molar-refractivity contribution >= 4 is 48.6 Å². The van der Waals surface area contributed by atoms with Gasteiger partial charge in [0.2, 0.25) is 10.0 Å². The van der Waals surface area contributed by atoms with E-state index in [2.05, 4.69) is 15.9 Å². The summed E-state index contributed by atoms with van der Waals surface area (Å²) in [5, 5.41) is 11.1. The number of hydrogen-bond acceptors (Lipinski definition) is 5. The molecule has 1 N–H and O–H groups in total. The van der Waals surface area contributed by atoms with E-state index < -0.39 is 10.0 Å². The molecule has 0 atom stereocenters. The third kappa shape index (κ3) is 3.49. The summed E-state index contributed by atoms with van der Waals surface area (Å²) in [6.07, 6.45) is 0.696. The van der Waals surface area contributed by atoms with E-state index in [-0.39, 0.29) is 11.5 Å². The van der Waals surface area contributed by atoms with Crippen molar-refractivity contribution in [2.45, 2.75) is 17.9 Å². The van der Waals surface area contributed by atoms with E-state index in [0.717, 1.165) is 4.88 Å². The lowest BCUT2D eigenvalue weighted by molar-refractivity contribution is 0.285. The van der Waals surface area contributed by atoms with E-state index in [1.807, 2.05) is 17.5 Å². The molecule has 0 bridgehead atoms. The van der Waals surface area contributed by atoms with Crippen molar-refractivity contribution in [1.29, 1.82) is 0 Å². The molecule has 0 saturated heterocycles. The lowest BCUT2D eigenvalue weighted by Crippen LogP contribution is -2.28. The van der Waals surface area contributed by atoms with E-state index in [0.29, 0.717) is 21.6 Å². The first kappa shape index (κ1) is 16.1. The smallest absolute Gasteiger partial charge is 0.244 e. The minimum atomic E-state index is -3.52. The molecule has 0 aromatic carbocycles. The van der Waals surface area contributed by atoms with Gasteiger partial charge in [-0.3, -0.25) is 0 Å². The third-order valence-electron chi connectivity index (χ3n) is 2.80. The van der Waals surface area contributed by atoms with Crippen LogP contribution in [0.4, 0.5) is 0 Å². The van der Waals surface area contributed by atoms with Gasteiger partial charge in [0.15, 0.2) is 0 Å². The van der Waals surface area contributed by atoms with Gasteiger partial charge in [-0.25, -0.2) is 12.7 Å². The fraction of sp³-hybridized carbons (Fsp3) is 0.333. The van der Waals surface area contributed by atoms with Crippen LogP contribution in [-0.2, 0) is 23.1 Å². The fourth-order valence-corrected chi connectivity index (χ4v) is 6.02. The number of nitrogens with zero attached hydrogens (tertiary/aromatic N) is 1. The van der Waals surface area contributed by atoms with Crippen molar-refractivity contribution in [1.82, 2.24) is 4.31 Å². The number of aliphatic hydroxyl groups excluding tert-OH is 1. The summed E-state index contributed by atoms with van der Waals surface area (Å²) in [5.41, 5.74) is 0. The summed E-state index contributed by atoms with van der Waals surface area (Å²) in [4.78, 5) is 2.01. The van der Waals surface area contributed by atoms with Crippen LogP contribution in [-0.4, -0.2) is 31.4 Å². The van der Waals surface area contributed by atoms with Crippen molar-refractivity contribution in [2.75, 3.05) is 13.6 Å². The van der Waals surface area contributed by atoms with Gasteiger partial charge in [0.25, 0.3) is 0 Å². The van der Waals surface area contributed by atoms with Crippen LogP contribution in [0.5, 0.6) is 0 Å². The topological polar surface area (TPSA) is 57.6 Å². The van der Waals surface area contributed by atoms with Crippen LogP contribution in [0.1, 0.15) is 9.75 Å². The fourth-order valence-electron chi connectivity index (χ4n) is 1.66. The molecule has 8 heteroatoms. The Kier molecular flexibility index (Phi) is 5.38. The van der Waals surface area contributed by atoms with Gasteiger partial charge in [-0.05, 0) is 39.9 Å². The largest absolute Gasteiger partial charge is 0.391 e. The van der Waals surface area contributed by atoms with Crippen LogP contribution in [0.2, 0.25) is 0 Å². The van der Waals surface area contributed by atoms with Gasteiger partial charge >= 0.3 is 0 Å². The van der Waals surface area contributed by atoms with Crippen molar-refractivity contribution < 1.29 is 13.5 Å². The Morgan fingerprint density at radius 2 is 2.15 bits per heavy atom. The number of thiophene rings is 2. The number of likely N-dealkylation sites (N-methyl/N-ethyl adjacent to an activating group) is 1. The predicted octanol–water partition coefficient (Wildman–Crippen LogP) is 2.93. The summed E-state index contributed by atoms with van der Waals surface area (Å²) in [6, 6.07) is 5.47. The highest BCUT2D eigenvalue weighted by molar-refractivity contribution is 9.11. The molecule has 4 nitrogen and oxygen atoms in total. The minimum absolute atomic E-state index is 0.155. The van der Waals surface area contributed by atoms with Crippen molar-refractivity contribution in [3.63, 3.8) is 0 Å². The van der Waals surface area contributed by atoms with Gasteiger partial charge in [0.05, 0.1) is 10.4 Å². The zero-order valence-electron chi connectivity index (χ0n) is 10.7. The number of sulfonamides is 1. The second kappa shape index (κ2) is 6.67. The molecule has 0 radical (unpaired) electrons. The lowest BCUT2D eigenvalue weighted by atomic mass is 10.3. The van der Waals surface area contributed by atoms with Gasteiger partial charge in [-0.15, -0.1) is 22.7 Å². The van der Waals surface area contributed by atoms with Crippen molar-refractivity contribution in [3.8, 4) is 0 Å². The highest BCUT2D eigenvalue weighted by atomic mass is 79.9. The van der Waals surface area contributed by atoms with Crippen LogP contribution in [0, 0.1) is 0 Å². The third-order valence-corrected chi connectivity index (χ3v) is 7.83. The maximum absolute atomic E-state index is 12.5. The van der Waals surface area contributed by atoms with Gasteiger partial charge in [-0.2, -0.15) is 0 Å². The van der Waals surface area contributed by atoms with E-state index in [9.17, 15) is 8.42 Å². The molecule has 0 aliphatic carbocycles. The summed E-state index contributed by atoms with van der Waals surface area (Å²) < 4.78 is 26.8. The lowest BCUT2D eigenvalue weighted by Gasteiger charge is -2.16. The zero-order valence-corrected chi connectivity index (χ0v) is 14.8. The Labute approximate surface area is 134 Å². The van der Waals surface area contributed by atoms with Crippen LogP contribution >= 0.6 is 38.6 Å². The van der Waals surface area contributed by atoms with E-state index >= 15 is 0 Å². The molecule has 0 unspecified atom stereocenters. The number of halogens is 1. The predicted molar refractivity (Wildman–Crippen MR) is 85.8 cm³/mol. The van der Waals surface area contributed by atoms with E-state index in [1.54, 1.807) is 18.4 Å². The first-order valence-corrected chi connectivity index (χ1v) is 9.76. The average Bonchev–Trinajstić information content (AvgIpc) is 3.04. The molecule has 0 aliphatic heterocycles. The van der Waals surface area contributed by atoms with Crippen molar-refractivity contribution in [2.24, 2.45) is 0 Å². The first-order chi connectivity index (χ1) is 9.45. The summed E-state index contributed by atoms with van der Waals surface area (Å²) in [5.74, 6) is 0. The molecule has 2 heterocycles. The number of hydrogen-bond donors (Lipinski definition) is 1. The SMILES string of the molecule is CN(CCc1cccs1)S(=O)(=O)c1cc(CO)sc1Br. The molecule has 0 saturated carbocycles. The first-order valence-electron chi connectivity index (χ1n) is 5.83. The minimum Gasteiger partial charge on any atom is -0.391 e. The summed E-state index contributed by atoms with van der Waals surface area (Å²) in [7, 11) is -1.95. The Balaban J connectivity index is 2.14. The monoisotopic (exact) mass is 395 g/mol. The molecule has 110 valence electrons. The van der Waals surface area contributed by atoms with Gasteiger partial charge in [-0.1, -0.05) is 6.07 Å². The van der Waals surface area contributed by atoms with Gasteiger partial charge in [0.1, 0.15) is 4.90 Å². The quantitative estimate of drug-likeness (QED) is 0.817. The highest BCUT2D eigenvalue weighted by Crippen LogP contribution is 2.33. The molecule has 0 fully saturated rings. The maximum atomic E-state index is 12.5. The average molecular weight is 396 g/mol. The normalized spacial score (nSPS) is 12.2. The molecule has 2 aromatic rings. The number of aliphatic hydroxyl groups is 1. The molecule has 2 aromatic heterocycles. The van der Waals surface area contributed by atoms with Gasteiger partial charge < -0.3 is 5.11 Å². The molecular weight excluding hydrogens is 382 g/mol. The molecule has 2 rings (SSSR count). The standard InChI is InChI=1S/C12H14BrNO3S3/c1-14(5-4-9-3-2-6-18-9)20(16,17)11-7-10(8-15)19-12(11)13/h2-3,6-7,15H,4-5,8H2,1H3. The Morgan fingerprint density at radius 3 is 2.70 bits per heavy atom. The Bertz CT molecular complexity index is 664. The van der Waals surface area contributed by atoms with Crippen LogP contribution in [0.3, 0.4) is 0 Å². The molecular formula is C12H14BrNO3S3. The second-order valence-corrected chi connectivity index (χ2v) is 9.66. The highest BCUT2D eigenvalue weighted by Gasteiger charge is 2.25. The Morgan fingerprint density at radius 1 is 1.40 bits per heavy atom. The summed E-state index contributed by atoms with van der Waals surface area (Å²) in [6.45, 7) is 0.275. The molecule has 0 spiro atoms. The Hall–Kier alpha value is -0.250. The zero-order chi connectivity index (χ0) is 14.8. The van der Waals surface area contributed by atoms with Crippen LogP contribution in [0.25, 0.3) is 0 Å². The number of rotatable bonds is 6.